The van der Waals surface area contributed by atoms with Gasteiger partial charge in [0.05, 0.1) is 6.04 Å². The molecule has 1 aromatic carbocycles. The number of aromatic nitrogens is 2. The summed E-state index contributed by atoms with van der Waals surface area (Å²) in [5.41, 5.74) is 1.20. The fourth-order valence-electron chi connectivity index (χ4n) is 2.86. The van der Waals surface area contributed by atoms with E-state index in [2.05, 4.69) is 15.3 Å². The van der Waals surface area contributed by atoms with Gasteiger partial charge in [-0.05, 0) is 43.0 Å². The van der Waals surface area contributed by atoms with E-state index in [9.17, 15) is 9.59 Å². The molecular formula is C19H23N3O4. The summed E-state index contributed by atoms with van der Waals surface area (Å²) in [4.78, 5) is 30.7. The molecule has 0 spiro atoms. The Hall–Kier alpha value is -2.83. The molecule has 2 N–H and O–H groups in total. The van der Waals surface area contributed by atoms with Crippen molar-refractivity contribution in [3.63, 3.8) is 0 Å². The molecule has 2 aromatic rings. The van der Waals surface area contributed by atoms with Gasteiger partial charge in [-0.25, -0.2) is 4.79 Å². The number of hydrogen-bond donors (Lipinski definition) is 2. The maximum absolute atomic E-state index is 12.5. The van der Waals surface area contributed by atoms with Gasteiger partial charge in [-0.2, -0.15) is 4.98 Å². The van der Waals surface area contributed by atoms with E-state index in [4.69, 9.17) is 9.47 Å². The maximum Gasteiger partial charge on any atom is 0.345 e. The van der Waals surface area contributed by atoms with Crippen molar-refractivity contribution in [2.24, 2.45) is 5.92 Å². The number of H-pyrrole nitrogens is 1. The van der Waals surface area contributed by atoms with E-state index in [-0.39, 0.29) is 17.6 Å². The molecule has 26 heavy (non-hydrogen) atoms. The van der Waals surface area contributed by atoms with Crippen molar-refractivity contribution in [2.75, 3.05) is 13.2 Å². The van der Waals surface area contributed by atoms with Crippen LogP contribution in [0.3, 0.4) is 0 Å². The average molecular weight is 357 g/mol. The second-order valence-corrected chi connectivity index (χ2v) is 6.79. The smallest absolute Gasteiger partial charge is 0.345 e. The van der Waals surface area contributed by atoms with Gasteiger partial charge >= 0.3 is 5.69 Å². The zero-order chi connectivity index (χ0) is 18.7. The highest BCUT2D eigenvalue weighted by Crippen LogP contribution is 2.32. The molecule has 0 bridgehead atoms. The van der Waals surface area contributed by atoms with Crippen LogP contribution in [-0.4, -0.2) is 29.1 Å². The van der Waals surface area contributed by atoms with Crippen LogP contribution in [0.4, 0.5) is 0 Å². The Kier molecular flexibility index (Phi) is 5.25. The number of ether oxygens (including phenoxy) is 2. The van der Waals surface area contributed by atoms with Crippen LogP contribution >= 0.6 is 0 Å². The Morgan fingerprint density at radius 1 is 1.19 bits per heavy atom. The van der Waals surface area contributed by atoms with Gasteiger partial charge in [-0.1, -0.05) is 19.9 Å². The van der Waals surface area contributed by atoms with Crippen molar-refractivity contribution < 1.29 is 14.3 Å². The molecule has 1 aliphatic heterocycles. The highest BCUT2D eigenvalue weighted by Gasteiger charge is 2.18. The summed E-state index contributed by atoms with van der Waals surface area (Å²) in [7, 11) is 0. The summed E-state index contributed by atoms with van der Waals surface area (Å²) < 4.78 is 11.1. The first-order chi connectivity index (χ1) is 12.4. The van der Waals surface area contributed by atoms with E-state index in [1.54, 1.807) is 6.07 Å². The van der Waals surface area contributed by atoms with E-state index in [1.807, 2.05) is 39.0 Å². The van der Waals surface area contributed by atoms with Gasteiger partial charge in [0.2, 0.25) is 0 Å². The third kappa shape index (κ3) is 4.22. The Morgan fingerprint density at radius 2 is 1.92 bits per heavy atom. The van der Waals surface area contributed by atoms with Crippen molar-refractivity contribution in [2.45, 2.75) is 33.2 Å². The van der Waals surface area contributed by atoms with Crippen LogP contribution in [0.5, 0.6) is 11.5 Å². The predicted octanol–water partition coefficient (Wildman–Crippen LogP) is 2.23. The molecule has 2 heterocycles. The number of carbonyl (C=O) groups excluding carboxylic acids is 1. The molecule has 3 rings (SSSR count). The zero-order valence-corrected chi connectivity index (χ0v) is 15.2. The van der Waals surface area contributed by atoms with Crippen molar-refractivity contribution in [1.29, 1.82) is 0 Å². The number of aromatic amines is 1. The molecule has 7 heteroatoms. The molecule has 1 aromatic heterocycles. The van der Waals surface area contributed by atoms with Crippen LogP contribution < -0.4 is 20.5 Å². The molecule has 1 aliphatic rings. The van der Waals surface area contributed by atoms with Crippen LogP contribution in [0.1, 0.15) is 48.6 Å². The number of carbonyl (C=O) groups is 1. The fourth-order valence-corrected chi connectivity index (χ4v) is 2.86. The monoisotopic (exact) mass is 357 g/mol. The first-order valence-electron chi connectivity index (χ1n) is 8.73. The Balaban J connectivity index is 1.75. The number of rotatable bonds is 5. The average Bonchev–Trinajstić information content (AvgIpc) is 2.60. The summed E-state index contributed by atoms with van der Waals surface area (Å²) in [6.45, 7) is 6.99. The van der Waals surface area contributed by atoms with Gasteiger partial charge < -0.3 is 19.8 Å². The minimum Gasteiger partial charge on any atom is -0.486 e. The van der Waals surface area contributed by atoms with E-state index >= 15 is 0 Å². The molecule has 0 aliphatic carbocycles. The fraction of sp³-hybridized carbons (Fsp3) is 0.421. The second kappa shape index (κ2) is 7.59. The minimum absolute atomic E-state index is 0.119. The van der Waals surface area contributed by atoms with Gasteiger partial charge in [-0.3, -0.25) is 4.79 Å². The second-order valence-electron chi connectivity index (χ2n) is 6.79. The highest BCUT2D eigenvalue weighted by molar-refractivity contribution is 5.92. The number of nitrogens with zero attached hydrogens (tertiary/aromatic N) is 1. The standard InChI is InChI=1S/C19H23N3O4/c1-11(2)8-14-10-15(22-19(24)21-14)18(23)20-12(3)13-4-5-16-17(9-13)26-7-6-25-16/h4-5,9-12H,6-8H2,1-3H3,(H,20,23)(H,21,22,24)/t12-/m1/s1. The van der Waals surface area contributed by atoms with Crippen LogP contribution in [0.15, 0.2) is 29.1 Å². The van der Waals surface area contributed by atoms with Gasteiger partial charge in [0, 0.05) is 5.69 Å². The lowest BCUT2D eigenvalue weighted by Crippen LogP contribution is -2.30. The number of nitrogens with one attached hydrogen (secondary N) is 2. The number of hydrogen-bond acceptors (Lipinski definition) is 5. The van der Waals surface area contributed by atoms with Crippen LogP contribution in [0.25, 0.3) is 0 Å². The van der Waals surface area contributed by atoms with E-state index < -0.39 is 5.69 Å². The normalized spacial score (nSPS) is 14.2. The number of fused-ring (bicyclic) bond motifs is 1. The molecule has 0 radical (unpaired) electrons. The maximum atomic E-state index is 12.5. The van der Waals surface area contributed by atoms with Gasteiger partial charge in [0.25, 0.3) is 5.91 Å². The van der Waals surface area contributed by atoms with Gasteiger partial charge in [0.15, 0.2) is 11.5 Å². The number of benzene rings is 1. The Labute approximate surface area is 151 Å². The molecule has 0 saturated heterocycles. The molecule has 0 saturated carbocycles. The third-order valence-corrected chi connectivity index (χ3v) is 4.08. The lowest BCUT2D eigenvalue weighted by Gasteiger charge is -2.21. The summed E-state index contributed by atoms with van der Waals surface area (Å²) in [6.07, 6.45) is 0.676. The molecule has 1 amide bonds. The van der Waals surface area contributed by atoms with Gasteiger partial charge in [-0.15, -0.1) is 0 Å². The van der Waals surface area contributed by atoms with Crippen molar-refractivity contribution in [3.05, 3.63) is 51.7 Å². The number of amides is 1. The molecular weight excluding hydrogens is 334 g/mol. The summed E-state index contributed by atoms with van der Waals surface area (Å²) >= 11 is 0. The van der Waals surface area contributed by atoms with Crippen LogP contribution in [0, 0.1) is 5.92 Å². The van der Waals surface area contributed by atoms with E-state index in [0.29, 0.717) is 42.7 Å². The summed E-state index contributed by atoms with van der Waals surface area (Å²) in [6, 6.07) is 6.93. The first-order valence-corrected chi connectivity index (χ1v) is 8.73. The largest absolute Gasteiger partial charge is 0.486 e. The topological polar surface area (TPSA) is 93.3 Å². The molecule has 0 unspecified atom stereocenters. The van der Waals surface area contributed by atoms with Crippen LogP contribution in [-0.2, 0) is 6.42 Å². The van der Waals surface area contributed by atoms with Gasteiger partial charge in [0.1, 0.15) is 18.9 Å². The highest BCUT2D eigenvalue weighted by atomic mass is 16.6. The zero-order valence-electron chi connectivity index (χ0n) is 15.2. The first kappa shape index (κ1) is 18.0. The lowest BCUT2D eigenvalue weighted by atomic mass is 10.1. The quantitative estimate of drug-likeness (QED) is 0.856. The molecule has 1 atom stereocenters. The molecule has 138 valence electrons. The predicted molar refractivity (Wildman–Crippen MR) is 96.7 cm³/mol. The SMILES string of the molecule is CC(C)Cc1cc(C(=O)N[C@H](C)c2ccc3c(c2)OCCO3)nc(=O)[nH]1. The van der Waals surface area contributed by atoms with Crippen molar-refractivity contribution >= 4 is 5.91 Å². The third-order valence-electron chi connectivity index (χ3n) is 4.08. The van der Waals surface area contributed by atoms with Crippen molar-refractivity contribution in [1.82, 2.24) is 15.3 Å². The minimum atomic E-state index is -0.514. The van der Waals surface area contributed by atoms with Crippen LogP contribution in [0.2, 0.25) is 0 Å². The lowest BCUT2D eigenvalue weighted by molar-refractivity contribution is 0.0934. The van der Waals surface area contributed by atoms with Crippen molar-refractivity contribution in [3.8, 4) is 11.5 Å². The Morgan fingerprint density at radius 3 is 2.65 bits per heavy atom. The molecule has 0 fully saturated rings. The van der Waals surface area contributed by atoms with E-state index in [0.717, 1.165) is 5.56 Å². The Bertz CT molecular complexity index is 860. The summed E-state index contributed by atoms with van der Waals surface area (Å²) in [5.74, 6) is 1.35. The van der Waals surface area contributed by atoms with E-state index in [1.165, 1.54) is 0 Å². The summed E-state index contributed by atoms with van der Waals surface area (Å²) in [5, 5.41) is 2.88. The molecule has 7 nitrogen and oxygen atoms in total.